The quantitative estimate of drug-likeness (QED) is 0.619. The summed E-state index contributed by atoms with van der Waals surface area (Å²) in [4.78, 5) is 11.1. The van der Waals surface area contributed by atoms with Crippen LogP contribution < -0.4 is 5.43 Å². The molecule has 0 unspecified atom stereocenters. The summed E-state index contributed by atoms with van der Waals surface area (Å²) < 4.78 is 4.75. The van der Waals surface area contributed by atoms with E-state index in [-0.39, 0.29) is 5.41 Å². The summed E-state index contributed by atoms with van der Waals surface area (Å²) in [5.41, 5.74) is 6.16. The summed E-state index contributed by atoms with van der Waals surface area (Å²) in [5.74, 6) is 0. The number of hydrazone groups is 1. The van der Waals surface area contributed by atoms with Crippen molar-refractivity contribution in [3.8, 4) is 0 Å². The van der Waals surface area contributed by atoms with Gasteiger partial charge in [-0.15, -0.1) is 0 Å². The number of hydrogen-bond acceptors (Lipinski definition) is 3. The van der Waals surface area contributed by atoms with Crippen LogP contribution in [-0.4, -0.2) is 18.4 Å². The standard InChI is InChI=1S/C16H26N2O2/c1-6-20-15(19)18-17-13(3)9-10-14-12(2)8-7-11-16(14,4)5/h9-10H,6-8,11H2,1-5H3,(H,18,19)/b10-9-,17-13-. The Bertz CT molecular complexity index is 445. The van der Waals surface area contributed by atoms with E-state index in [1.54, 1.807) is 6.92 Å². The van der Waals surface area contributed by atoms with Gasteiger partial charge in [-0.05, 0) is 57.1 Å². The number of hydrogen-bond donors (Lipinski definition) is 1. The Morgan fingerprint density at radius 3 is 2.80 bits per heavy atom. The Morgan fingerprint density at radius 1 is 1.50 bits per heavy atom. The van der Waals surface area contributed by atoms with Crippen molar-refractivity contribution < 1.29 is 9.53 Å². The first-order chi connectivity index (χ1) is 9.36. The molecule has 0 aromatic rings. The van der Waals surface area contributed by atoms with Gasteiger partial charge in [-0.1, -0.05) is 25.5 Å². The first-order valence-corrected chi connectivity index (χ1v) is 7.22. The molecule has 0 fully saturated rings. The first kappa shape index (κ1) is 16.5. The van der Waals surface area contributed by atoms with E-state index in [0.717, 1.165) is 5.71 Å². The number of amides is 1. The molecule has 4 heteroatoms. The highest BCUT2D eigenvalue weighted by molar-refractivity contribution is 5.93. The Balaban J connectivity index is 2.71. The van der Waals surface area contributed by atoms with E-state index in [4.69, 9.17) is 4.74 Å². The lowest BCUT2D eigenvalue weighted by molar-refractivity contribution is 0.152. The van der Waals surface area contributed by atoms with E-state index >= 15 is 0 Å². The van der Waals surface area contributed by atoms with Crippen molar-refractivity contribution in [3.05, 3.63) is 23.3 Å². The summed E-state index contributed by atoms with van der Waals surface area (Å²) in [7, 11) is 0. The minimum Gasteiger partial charge on any atom is -0.449 e. The molecule has 112 valence electrons. The van der Waals surface area contributed by atoms with E-state index in [0.29, 0.717) is 6.61 Å². The second-order valence-corrected chi connectivity index (χ2v) is 5.85. The van der Waals surface area contributed by atoms with Crippen LogP contribution in [0.5, 0.6) is 0 Å². The number of ether oxygens (including phenoxy) is 1. The van der Waals surface area contributed by atoms with Crippen molar-refractivity contribution in [2.75, 3.05) is 6.61 Å². The molecular weight excluding hydrogens is 252 g/mol. The molecule has 0 heterocycles. The highest BCUT2D eigenvalue weighted by Gasteiger charge is 2.26. The zero-order valence-electron chi connectivity index (χ0n) is 13.2. The molecule has 0 bridgehead atoms. The van der Waals surface area contributed by atoms with Crippen LogP contribution in [0.25, 0.3) is 0 Å². The molecule has 0 saturated carbocycles. The third kappa shape index (κ3) is 4.83. The number of carbonyl (C=O) groups excluding carboxylic acids is 1. The van der Waals surface area contributed by atoms with Crippen LogP contribution in [0.4, 0.5) is 4.79 Å². The molecule has 0 saturated heterocycles. The lowest BCUT2D eigenvalue weighted by Crippen LogP contribution is -2.20. The predicted octanol–water partition coefficient (Wildman–Crippen LogP) is 4.19. The van der Waals surface area contributed by atoms with Crippen molar-refractivity contribution in [1.29, 1.82) is 0 Å². The average molecular weight is 278 g/mol. The third-order valence-electron chi connectivity index (χ3n) is 3.63. The maximum absolute atomic E-state index is 11.1. The summed E-state index contributed by atoms with van der Waals surface area (Å²) in [5, 5.41) is 3.98. The molecule has 0 spiro atoms. The second kappa shape index (κ2) is 7.27. The summed E-state index contributed by atoms with van der Waals surface area (Å²) in [6, 6.07) is 0. The fraction of sp³-hybridized carbons (Fsp3) is 0.625. The van der Waals surface area contributed by atoms with Crippen molar-refractivity contribution in [1.82, 2.24) is 5.43 Å². The smallest absolute Gasteiger partial charge is 0.427 e. The Hall–Kier alpha value is -1.58. The Kier molecular flexibility index (Phi) is 5.99. The van der Waals surface area contributed by atoms with Crippen LogP contribution in [-0.2, 0) is 4.74 Å². The highest BCUT2D eigenvalue weighted by atomic mass is 16.5. The fourth-order valence-electron chi connectivity index (χ4n) is 2.55. The minimum absolute atomic E-state index is 0.216. The highest BCUT2D eigenvalue weighted by Crippen LogP contribution is 2.40. The SMILES string of the molecule is CCOC(=O)N/N=C(C)\C=C/C1=C(C)CCCC1(C)C. The first-order valence-electron chi connectivity index (χ1n) is 7.22. The number of carbonyl (C=O) groups is 1. The van der Waals surface area contributed by atoms with Gasteiger partial charge in [0.15, 0.2) is 0 Å². The molecule has 4 nitrogen and oxygen atoms in total. The number of nitrogens with one attached hydrogen (secondary N) is 1. The molecule has 1 rings (SSSR count). The molecular formula is C16H26N2O2. The molecule has 1 aliphatic carbocycles. The molecule has 1 amide bonds. The molecule has 1 aliphatic rings. The van der Waals surface area contributed by atoms with Gasteiger partial charge in [0, 0.05) is 0 Å². The fourth-order valence-corrected chi connectivity index (χ4v) is 2.55. The number of allylic oxidation sites excluding steroid dienone is 4. The van der Waals surface area contributed by atoms with Crippen molar-refractivity contribution in [2.45, 2.75) is 53.9 Å². The third-order valence-corrected chi connectivity index (χ3v) is 3.63. The van der Waals surface area contributed by atoms with Gasteiger partial charge in [-0.25, -0.2) is 10.2 Å². The minimum atomic E-state index is -0.520. The van der Waals surface area contributed by atoms with E-state index in [9.17, 15) is 4.79 Å². The van der Waals surface area contributed by atoms with Crippen molar-refractivity contribution >= 4 is 11.8 Å². The molecule has 20 heavy (non-hydrogen) atoms. The van der Waals surface area contributed by atoms with E-state index in [2.05, 4.69) is 37.4 Å². The van der Waals surface area contributed by atoms with Crippen LogP contribution in [0.1, 0.15) is 53.9 Å². The zero-order chi connectivity index (χ0) is 15.2. The normalized spacial score (nSPS) is 19.4. The molecule has 0 aromatic heterocycles. The molecule has 1 N–H and O–H groups in total. The topological polar surface area (TPSA) is 50.7 Å². The van der Waals surface area contributed by atoms with Gasteiger partial charge < -0.3 is 4.74 Å². The zero-order valence-corrected chi connectivity index (χ0v) is 13.2. The Labute approximate surface area is 122 Å². The van der Waals surface area contributed by atoms with Crippen LogP contribution in [0.3, 0.4) is 0 Å². The summed E-state index contributed by atoms with van der Waals surface area (Å²) in [6.45, 7) is 10.7. The molecule has 0 radical (unpaired) electrons. The monoisotopic (exact) mass is 278 g/mol. The van der Waals surface area contributed by atoms with Gasteiger partial charge in [-0.3, -0.25) is 0 Å². The van der Waals surface area contributed by atoms with Crippen LogP contribution >= 0.6 is 0 Å². The maximum atomic E-state index is 11.1. The van der Waals surface area contributed by atoms with E-state index in [1.807, 2.05) is 13.0 Å². The number of rotatable bonds is 4. The average Bonchev–Trinajstić information content (AvgIpc) is 2.35. The van der Waals surface area contributed by atoms with Gasteiger partial charge in [0.25, 0.3) is 0 Å². The largest absolute Gasteiger partial charge is 0.449 e. The van der Waals surface area contributed by atoms with Gasteiger partial charge in [0.1, 0.15) is 0 Å². The lowest BCUT2D eigenvalue weighted by Gasteiger charge is -2.32. The van der Waals surface area contributed by atoms with Gasteiger partial charge in [-0.2, -0.15) is 5.10 Å². The van der Waals surface area contributed by atoms with Gasteiger partial charge >= 0.3 is 6.09 Å². The Morgan fingerprint density at radius 2 is 2.20 bits per heavy atom. The molecule has 0 aliphatic heterocycles. The molecule has 0 aromatic carbocycles. The van der Waals surface area contributed by atoms with Gasteiger partial charge in [0.2, 0.25) is 0 Å². The van der Waals surface area contributed by atoms with E-state index in [1.165, 1.54) is 30.4 Å². The van der Waals surface area contributed by atoms with Crippen LogP contribution in [0, 0.1) is 5.41 Å². The summed E-state index contributed by atoms with van der Waals surface area (Å²) >= 11 is 0. The van der Waals surface area contributed by atoms with Crippen molar-refractivity contribution in [3.63, 3.8) is 0 Å². The van der Waals surface area contributed by atoms with E-state index < -0.39 is 6.09 Å². The van der Waals surface area contributed by atoms with Gasteiger partial charge in [0.05, 0.1) is 12.3 Å². The molecule has 0 atom stereocenters. The lowest BCUT2D eigenvalue weighted by atomic mass is 9.72. The van der Waals surface area contributed by atoms with Crippen LogP contribution in [0.15, 0.2) is 28.4 Å². The number of nitrogens with zero attached hydrogens (tertiary/aromatic N) is 1. The summed E-state index contributed by atoms with van der Waals surface area (Å²) in [6.07, 6.45) is 7.18. The van der Waals surface area contributed by atoms with Crippen molar-refractivity contribution in [2.24, 2.45) is 10.5 Å². The predicted molar refractivity (Wildman–Crippen MR) is 82.7 cm³/mol. The van der Waals surface area contributed by atoms with Crippen LogP contribution in [0.2, 0.25) is 0 Å². The maximum Gasteiger partial charge on any atom is 0.427 e. The second-order valence-electron chi connectivity index (χ2n) is 5.85.